The number of aliphatic hydroxyl groups excluding tert-OH is 1. The molecule has 1 aliphatic heterocycles. The standard InChI is InChI=1S/C23H22O5/c24-14-15-5-8-19(21(11-15)23-27-9-10-28-23)20(13-22(25)26)18-7-6-16-3-1-2-4-17(16)12-18/h1-8,11-12,20,23-24H,9-10,13-14H2,(H,25,26). The molecule has 1 atom stereocenters. The summed E-state index contributed by atoms with van der Waals surface area (Å²) in [5, 5.41) is 21.3. The second kappa shape index (κ2) is 8.10. The minimum atomic E-state index is -0.872. The number of hydrogen-bond donors (Lipinski definition) is 2. The lowest BCUT2D eigenvalue weighted by molar-refractivity contribution is -0.137. The summed E-state index contributed by atoms with van der Waals surface area (Å²) >= 11 is 0. The summed E-state index contributed by atoms with van der Waals surface area (Å²) in [5.74, 6) is -1.22. The number of fused-ring (bicyclic) bond motifs is 1. The highest BCUT2D eigenvalue weighted by Gasteiger charge is 2.27. The molecule has 1 aliphatic rings. The molecule has 3 aromatic carbocycles. The number of carboxylic acid groups (broad SMARTS) is 1. The van der Waals surface area contributed by atoms with Crippen molar-refractivity contribution in [2.75, 3.05) is 13.2 Å². The number of aliphatic carboxylic acids is 1. The fourth-order valence-corrected chi connectivity index (χ4v) is 3.79. The lowest BCUT2D eigenvalue weighted by Gasteiger charge is -2.23. The van der Waals surface area contributed by atoms with Crippen LogP contribution in [0.3, 0.4) is 0 Å². The predicted molar refractivity (Wildman–Crippen MR) is 105 cm³/mol. The van der Waals surface area contributed by atoms with Gasteiger partial charge in [-0.3, -0.25) is 4.79 Å². The molecule has 0 bridgehead atoms. The van der Waals surface area contributed by atoms with Gasteiger partial charge >= 0.3 is 5.97 Å². The summed E-state index contributed by atoms with van der Waals surface area (Å²) in [6.07, 6.45) is -0.588. The first-order valence-corrected chi connectivity index (χ1v) is 9.33. The summed E-state index contributed by atoms with van der Waals surface area (Å²) in [7, 11) is 0. The average molecular weight is 378 g/mol. The van der Waals surface area contributed by atoms with Crippen LogP contribution in [-0.4, -0.2) is 29.4 Å². The lowest BCUT2D eigenvalue weighted by atomic mass is 9.84. The zero-order valence-corrected chi connectivity index (χ0v) is 15.4. The summed E-state index contributed by atoms with van der Waals surface area (Å²) in [5.41, 5.74) is 3.30. The van der Waals surface area contributed by atoms with Crippen molar-refractivity contribution in [2.24, 2.45) is 0 Å². The molecule has 28 heavy (non-hydrogen) atoms. The van der Waals surface area contributed by atoms with Gasteiger partial charge in [0.05, 0.1) is 26.2 Å². The molecule has 1 unspecified atom stereocenters. The second-order valence-corrected chi connectivity index (χ2v) is 6.95. The average Bonchev–Trinajstić information content (AvgIpc) is 3.26. The molecule has 0 aliphatic carbocycles. The van der Waals surface area contributed by atoms with E-state index < -0.39 is 12.3 Å². The molecule has 4 rings (SSSR count). The summed E-state index contributed by atoms with van der Waals surface area (Å²) in [6.45, 7) is 0.889. The lowest BCUT2D eigenvalue weighted by Crippen LogP contribution is -2.13. The molecule has 144 valence electrons. The monoisotopic (exact) mass is 378 g/mol. The number of carboxylic acids is 1. The highest BCUT2D eigenvalue weighted by Crippen LogP contribution is 2.37. The van der Waals surface area contributed by atoms with E-state index in [1.54, 1.807) is 0 Å². The Morgan fingerprint density at radius 2 is 1.75 bits per heavy atom. The van der Waals surface area contributed by atoms with Crippen molar-refractivity contribution in [3.05, 3.63) is 82.9 Å². The maximum Gasteiger partial charge on any atom is 0.304 e. The number of aliphatic hydroxyl groups is 1. The van der Waals surface area contributed by atoms with Crippen molar-refractivity contribution in [2.45, 2.75) is 25.2 Å². The molecule has 0 radical (unpaired) electrons. The first-order valence-electron chi connectivity index (χ1n) is 9.33. The molecule has 0 aromatic heterocycles. The Labute approximate surface area is 163 Å². The van der Waals surface area contributed by atoms with Gasteiger partial charge in [0.25, 0.3) is 0 Å². The van der Waals surface area contributed by atoms with Crippen LogP contribution in [0.15, 0.2) is 60.7 Å². The maximum atomic E-state index is 11.7. The highest BCUT2D eigenvalue weighted by molar-refractivity contribution is 5.83. The van der Waals surface area contributed by atoms with E-state index in [0.29, 0.717) is 13.2 Å². The van der Waals surface area contributed by atoms with Crippen molar-refractivity contribution in [3.8, 4) is 0 Å². The number of hydrogen-bond acceptors (Lipinski definition) is 4. The van der Waals surface area contributed by atoms with Gasteiger partial charge in [-0.05, 0) is 33.5 Å². The van der Waals surface area contributed by atoms with E-state index in [1.807, 2.05) is 60.7 Å². The number of rotatable bonds is 6. The molecule has 1 fully saturated rings. The Hall–Kier alpha value is -2.73. The van der Waals surface area contributed by atoms with Crippen molar-refractivity contribution in [1.82, 2.24) is 0 Å². The molecule has 3 aromatic rings. The van der Waals surface area contributed by atoms with E-state index in [-0.39, 0.29) is 18.9 Å². The Balaban J connectivity index is 1.83. The van der Waals surface area contributed by atoms with Gasteiger partial charge in [0, 0.05) is 11.5 Å². The third-order valence-corrected chi connectivity index (χ3v) is 5.14. The van der Waals surface area contributed by atoms with Gasteiger partial charge in [0.1, 0.15) is 0 Å². The maximum absolute atomic E-state index is 11.7. The van der Waals surface area contributed by atoms with Crippen LogP contribution in [0.1, 0.15) is 40.9 Å². The minimum absolute atomic E-state index is 0.0451. The summed E-state index contributed by atoms with van der Waals surface area (Å²) in [6, 6.07) is 19.6. The van der Waals surface area contributed by atoms with Gasteiger partial charge in [-0.15, -0.1) is 0 Å². The van der Waals surface area contributed by atoms with E-state index in [1.165, 1.54) is 0 Å². The molecule has 5 heteroatoms. The third kappa shape index (κ3) is 3.78. The fraction of sp³-hybridized carbons (Fsp3) is 0.261. The molecule has 5 nitrogen and oxygen atoms in total. The summed E-state index contributed by atoms with van der Waals surface area (Å²) < 4.78 is 11.4. The first-order chi connectivity index (χ1) is 13.7. The van der Waals surface area contributed by atoms with Gasteiger partial charge in [-0.25, -0.2) is 0 Å². The van der Waals surface area contributed by atoms with E-state index in [2.05, 4.69) is 0 Å². The largest absolute Gasteiger partial charge is 0.481 e. The molecule has 2 N–H and O–H groups in total. The fourth-order valence-electron chi connectivity index (χ4n) is 3.79. The first kappa shape index (κ1) is 18.6. The van der Waals surface area contributed by atoms with E-state index >= 15 is 0 Å². The second-order valence-electron chi connectivity index (χ2n) is 6.95. The molecular formula is C23H22O5. The molecule has 1 saturated heterocycles. The SMILES string of the molecule is O=C(O)CC(c1ccc2ccccc2c1)c1ccc(CO)cc1C1OCCO1. The summed E-state index contributed by atoms with van der Waals surface area (Å²) in [4.78, 5) is 11.7. The minimum Gasteiger partial charge on any atom is -0.481 e. The van der Waals surface area contributed by atoms with E-state index in [0.717, 1.165) is 33.0 Å². The predicted octanol–water partition coefficient (Wildman–Crippen LogP) is 3.98. The Kier molecular flexibility index (Phi) is 5.39. The number of ether oxygens (including phenoxy) is 2. The zero-order chi connectivity index (χ0) is 19.5. The molecule has 0 saturated carbocycles. The Bertz CT molecular complexity index is 991. The van der Waals surface area contributed by atoms with Gasteiger partial charge < -0.3 is 19.7 Å². The van der Waals surface area contributed by atoms with Crippen LogP contribution in [0.5, 0.6) is 0 Å². The Morgan fingerprint density at radius 3 is 2.46 bits per heavy atom. The van der Waals surface area contributed by atoms with Crippen molar-refractivity contribution >= 4 is 16.7 Å². The number of benzene rings is 3. The van der Waals surface area contributed by atoms with Crippen molar-refractivity contribution < 1.29 is 24.5 Å². The van der Waals surface area contributed by atoms with Crippen LogP contribution >= 0.6 is 0 Å². The number of carbonyl (C=O) groups is 1. The Morgan fingerprint density at radius 1 is 1.00 bits per heavy atom. The third-order valence-electron chi connectivity index (χ3n) is 5.14. The van der Waals surface area contributed by atoms with E-state index in [9.17, 15) is 15.0 Å². The van der Waals surface area contributed by atoms with Crippen molar-refractivity contribution in [1.29, 1.82) is 0 Å². The smallest absolute Gasteiger partial charge is 0.304 e. The van der Waals surface area contributed by atoms with Gasteiger partial charge in [-0.2, -0.15) is 0 Å². The van der Waals surface area contributed by atoms with Gasteiger partial charge in [0.15, 0.2) is 6.29 Å². The normalized spacial score (nSPS) is 15.8. The molecule has 0 amide bonds. The van der Waals surface area contributed by atoms with E-state index in [4.69, 9.17) is 9.47 Å². The van der Waals surface area contributed by atoms with Crippen LogP contribution in [0, 0.1) is 0 Å². The van der Waals surface area contributed by atoms with Crippen LogP contribution in [0.25, 0.3) is 10.8 Å². The van der Waals surface area contributed by atoms with Gasteiger partial charge in [0.2, 0.25) is 0 Å². The molecular weight excluding hydrogens is 356 g/mol. The zero-order valence-electron chi connectivity index (χ0n) is 15.4. The van der Waals surface area contributed by atoms with Crippen LogP contribution in [-0.2, 0) is 20.9 Å². The van der Waals surface area contributed by atoms with Crippen LogP contribution in [0.4, 0.5) is 0 Å². The van der Waals surface area contributed by atoms with Crippen molar-refractivity contribution in [3.63, 3.8) is 0 Å². The highest BCUT2D eigenvalue weighted by atomic mass is 16.7. The van der Waals surface area contributed by atoms with Crippen LogP contribution < -0.4 is 0 Å². The quantitative estimate of drug-likeness (QED) is 0.678. The molecule has 1 heterocycles. The van der Waals surface area contributed by atoms with Gasteiger partial charge in [-0.1, -0.05) is 54.6 Å². The topological polar surface area (TPSA) is 76.0 Å². The molecule has 0 spiro atoms. The van der Waals surface area contributed by atoms with Crippen LogP contribution in [0.2, 0.25) is 0 Å².